The van der Waals surface area contributed by atoms with Crippen LogP contribution in [0.25, 0.3) is 10.9 Å². The summed E-state index contributed by atoms with van der Waals surface area (Å²) in [7, 11) is 0. The van der Waals surface area contributed by atoms with E-state index in [0.717, 1.165) is 49.3 Å². The van der Waals surface area contributed by atoms with Gasteiger partial charge in [-0.2, -0.15) is 0 Å². The minimum absolute atomic E-state index is 0. The Morgan fingerprint density at radius 1 is 1.35 bits per heavy atom. The summed E-state index contributed by atoms with van der Waals surface area (Å²) in [5, 5.41) is 1.15. The van der Waals surface area contributed by atoms with Crippen LogP contribution in [0.4, 0.5) is 0 Å². The van der Waals surface area contributed by atoms with Gasteiger partial charge in [0, 0.05) is 42.3 Å². The first kappa shape index (κ1) is 14.7. The van der Waals surface area contributed by atoms with Crippen LogP contribution >= 0.6 is 0 Å². The number of carbonyl (C=O) groups is 1. The van der Waals surface area contributed by atoms with E-state index in [0.29, 0.717) is 0 Å². The van der Waals surface area contributed by atoms with Crippen molar-refractivity contribution in [3.8, 4) is 0 Å². The maximum atomic E-state index is 11.5. The van der Waals surface area contributed by atoms with Crippen LogP contribution in [0.2, 0.25) is 0 Å². The Kier molecular flexibility index (Phi) is 4.54. The summed E-state index contributed by atoms with van der Waals surface area (Å²) in [5.41, 5.74) is 3.11. The van der Waals surface area contributed by atoms with Gasteiger partial charge in [-0.05, 0) is 30.7 Å². The van der Waals surface area contributed by atoms with Crippen molar-refractivity contribution in [3.63, 3.8) is 0 Å². The highest BCUT2D eigenvalue weighted by Crippen LogP contribution is 2.22. The van der Waals surface area contributed by atoms with E-state index in [1.807, 2.05) is 24.4 Å². The summed E-state index contributed by atoms with van der Waals surface area (Å²) >= 11 is 0. The molecule has 0 unspecified atom stereocenters. The molecule has 1 aliphatic rings. The Morgan fingerprint density at radius 2 is 2.10 bits per heavy atom. The molecule has 5 heteroatoms. The number of aromatic nitrogens is 1. The van der Waals surface area contributed by atoms with Crippen molar-refractivity contribution in [2.75, 3.05) is 26.3 Å². The lowest BCUT2D eigenvalue weighted by Gasteiger charge is -2.26. The van der Waals surface area contributed by atoms with Crippen LogP contribution < -0.4 is 0 Å². The monoisotopic (exact) mass is 276 g/mol. The number of hydrogen-bond acceptors (Lipinski definition) is 3. The second-order valence-electron chi connectivity index (χ2n) is 5.02. The van der Waals surface area contributed by atoms with E-state index in [-0.39, 0.29) is 11.3 Å². The molecule has 0 bridgehead atoms. The van der Waals surface area contributed by atoms with Crippen LogP contribution in [-0.4, -0.2) is 47.4 Å². The van der Waals surface area contributed by atoms with E-state index >= 15 is 0 Å². The number of benzene rings is 1. The standard InChI is InChI=1S/C15H18N2O2.H2O/c1-11(18)12-2-3-15-14(8-12)13(9-16-15)10-17-4-6-19-7-5-17;/h2-3,8-9,16H,4-7,10H2,1H3;1H2. The van der Waals surface area contributed by atoms with E-state index in [4.69, 9.17) is 4.74 Å². The van der Waals surface area contributed by atoms with Crippen LogP contribution in [0.15, 0.2) is 24.4 Å². The molecule has 0 spiro atoms. The lowest BCUT2D eigenvalue weighted by Crippen LogP contribution is -2.35. The van der Waals surface area contributed by atoms with Gasteiger partial charge in [0.2, 0.25) is 0 Å². The SMILES string of the molecule is CC(=O)c1ccc2[nH]cc(CN3CCOCC3)c2c1.O. The smallest absolute Gasteiger partial charge is 0.159 e. The van der Waals surface area contributed by atoms with Crippen LogP contribution in [0, 0.1) is 0 Å². The highest BCUT2D eigenvalue weighted by atomic mass is 16.5. The molecule has 3 N–H and O–H groups in total. The number of rotatable bonds is 3. The minimum atomic E-state index is 0. The molecule has 0 atom stereocenters. The van der Waals surface area contributed by atoms with Gasteiger partial charge in [0.05, 0.1) is 13.2 Å². The molecule has 0 saturated carbocycles. The molecule has 1 saturated heterocycles. The van der Waals surface area contributed by atoms with Crippen molar-refractivity contribution in [2.45, 2.75) is 13.5 Å². The van der Waals surface area contributed by atoms with Crippen molar-refractivity contribution < 1.29 is 15.0 Å². The van der Waals surface area contributed by atoms with Crippen molar-refractivity contribution in [2.24, 2.45) is 0 Å². The fourth-order valence-electron chi connectivity index (χ4n) is 2.53. The average molecular weight is 276 g/mol. The van der Waals surface area contributed by atoms with Gasteiger partial charge in [-0.25, -0.2) is 0 Å². The second kappa shape index (κ2) is 6.17. The molecule has 0 aliphatic carbocycles. The fourth-order valence-corrected chi connectivity index (χ4v) is 2.53. The number of nitrogens with zero attached hydrogens (tertiary/aromatic N) is 1. The van der Waals surface area contributed by atoms with E-state index in [1.165, 1.54) is 5.56 Å². The molecular weight excluding hydrogens is 256 g/mol. The molecule has 1 aromatic carbocycles. The maximum Gasteiger partial charge on any atom is 0.159 e. The van der Waals surface area contributed by atoms with Crippen molar-refractivity contribution in [1.29, 1.82) is 0 Å². The Balaban J connectivity index is 0.00000147. The summed E-state index contributed by atoms with van der Waals surface area (Å²) in [5.74, 6) is 0.112. The Labute approximate surface area is 117 Å². The van der Waals surface area contributed by atoms with Crippen molar-refractivity contribution >= 4 is 16.7 Å². The predicted molar refractivity (Wildman–Crippen MR) is 78.0 cm³/mol. The average Bonchev–Trinajstić information content (AvgIpc) is 2.82. The largest absolute Gasteiger partial charge is 0.412 e. The number of aromatic amines is 1. The van der Waals surface area contributed by atoms with Crippen LogP contribution in [-0.2, 0) is 11.3 Å². The molecule has 108 valence electrons. The molecule has 20 heavy (non-hydrogen) atoms. The third-order valence-corrected chi connectivity index (χ3v) is 3.67. The summed E-state index contributed by atoms with van der Waals surface area (Å²) < 4.78 is 5.36. The number of carbonyl (C=O) groups excluding carboxylic acids is 1. The molecule has 1 aromatic heterocycles. The molecular formula is C15H20N2O3. The molecule has 0 radical (unpaired) electrons. The van der Waals surface area contributed by atoms with Gasteiger partial charge in [-0.1, -0.05) is 0 Å². The number of ether oxygens (including phenoxy) is 1. The highest BCUT2D eigenvalue weighted by Gasteiger charge is 2.13. The first-order chi connectivity index (χ1) is 9.24. The quantitative estimate of drug-likeness (QED) is 0.860. The Morgan fingerprint density at radius 3 is 2.80 bits per heavy atom. The van der Waals surface area contributed by atoms with Crippen LogP contribution in [0.5, 0.6) is 0 Å². The number of H-pyrrole nitrogens is 1. The summed E-state index contributed by atoms with van der Waals surface area (Å²) in [6.45, 7) is 6.07. The van der Waals surface area contributed by atoms with Gasteiger partial charge in [-0.15, -0.1) is 0 Å². The molecule has 5 nitrogen and oxygen atoms in total. The molecule has 1 aliphatic heterocycles. The predicted octanol–water partition coefficient (Wildman–Crippen LogP) is 1.38. The van der Waals surface area contributed by atoms with Gasteiger partial charge < -0.3 is 15.2 Å². The normalized spacial score (nSPS) is 16.1. The number of nitrogens with one attached hydrogen (secondary N) is 1. The summed E-state index contributed by atoms with van der Waals surface area (Å²) in [6.07, 6.45) is 2.05. The third-order valence-electron chi connectivity index (χ3n) is 3.67. The highest BCUT2D eigenvalue weighted by molar-refractivity contribution is 5.98. The van der Waals surface area contributed by atoms with E-state index in [2.05, 4.69) is 9.88 Å². The van der Waals surface area contributed by atoms with Gasteiger partial charge in [0.25, 0.3) is 0 Å². The van der Waals surface area contributed by atoms with E-state index in [1.54, 1.807) is 6.92 Å². The first-order valence-corrected chi connectivity index (χ1v) is 6.65. The lowest BCUT2D eigenvalue weighted by molar-refractivity contribution is 0.0343. The zero-order valence-electron chi connectivity index (χ0n) is 11.6. The van der Waals surface area contributed by atoms with Crippen molar-refractivity contribution in [3.05, 3.63) is 35.5 Å². The molecule has 2 heterocycles. The number of hydrogen-bond donors (Lipinski definition) is 1. The molecule has 2 aromatic rings. The Bertz CT molecular complexity index is 600. The maximum absolute atomic E-state index is 11.5. The number of morpholine rings is 1. The van der Waals surface area contributed by atoms with Crippen LogP contribution in [0.3, 0.4) is 0 Å². The zero-order valence-corrected chi connectivity index (χ0v) is 11.6. The molecule has 0 amide bonds. The van der Waals surface area contributed by atoms with Gasteiger partial charge >= 0.3 is 0 Å². The molecule has 3 rings (SSSR count). The van der Waals surface area contributed by atoms with Gasteiger partial charge in [-0.3, -0.25) is 9.69 Å². The minimum Gasteiger partial charge on any atom is -0.412 e. The van der Waals surface area contributed by atoms with Crippen LogP contribution in [0.1, 0.15) is 22.8 Å². The summed E-state index contributed by atoms with van der Waals surface area (Å²) in [6, 6.07) is 5.85. The lowest BCUT2D eigenvalue weighted by atomic mass is 10.1. The van der Waals surface area contributed by atoms with E-state index in [9.17, 15) is 4.79 Å². The number of fused-ring (bicyclic) bond motifs is 1. The molecule has 1 fully saturated rings. The zero-order chi connectivity index (χ0) is 13.2. The van der Waals surface area contributed by atoms with Crippen molar-refractivity contribution in [1.82, 2.24) is 9.88 Å². The number of Topliss-reactive ketones (excluding diaryl/α,β-unsaturated/α-hetero) is 1. The first-order valence-electron chi connectivity index (χ1n) is 6.65. The Hall–Kier alpha value is -1.69. The topological polar surface area (TPSA) is 76.8 Å². The van der Waals surface area contributed by atoms with E-state index < -0.39 is 0 Å². The van der Waals surface area contributed by atoms with Gasteiger partial charge in [0.1, 0.15) is 0 Å². The fraction of sp³-hybridized carbons (Fsp3) is 0.400. The number of ketones is 1. The second-order valence-corrected chi connectivity index (χ2v) is 5.02. The third kappa shape index (κ3) is 2.90. The van der Waals surface area contributed by atoms with Gasteiger partial charge in [0.15, 0.2) is 5.78 Å². The summed E-state index contributed by atoms with van der Waals surface area (Å²) in [4.78, 5) is 17.1.